The summed E-state index contributed by atoms with van der Waals surface area (Å²) in [5.41, 5.74) is 9.17. The fraction of sp³-hybridized carbons (Fsp3) is 0.0968. The Hall–Kier alpha value is -3.64. The first kappa shape index (κ1) is 21.6. The van der Waals surface area contributed by atoms with Gasteiger partial charge in [0, 0.05) is 21.0 Å². The van der Waals surface area contributed by atoms with Crippen LogP contribution in [0.1, 0.15) is 25.0 Å². The zero-order valence-corrected chi connectivity index (χ0v) is 20.9. The second-order valence-corrected chi connectivity index (χ2v) is 11.1. The van der Waals surface area contributed by atoms with Crippen molar-refractivity contribution in [3.05, 3.63) is 108 Å². The Morgan fingerprint density at radius 1 is 0.667 bits per heavy atom. The van der Waals surface area contributed by atoms with Crippen LogP contribution >= 0.6 is 11.3 Å². The third-order valence-corrected chi connectivity index (χ3v) is 8.77. The number of thiophene rings is 1. The van der Waals surface area contributed by atoms with E-state index in [0.717, 1.165) is 16.1 Å². The monoisotopic (exact) mass is 485 g/mol. The van der Waals surface area contributed by atoms with Gasteiger partial charge >= 0.3 is 7.12 Å². The smallest absolute Gasteiger partial charge is 0.423 e. The maximum Gasteiger partial charge on any atom is 0.499 e. The average molecular weight is 485 g/mol. The van der Waals surface area contributed by atoms with Crippen molar-refractivity contribution in [1.29, 1.82) is 0 Å². The standard InChI is InChI=1S/C31H24BNO2S/c1-31(2)25-17-22(20-11-7-4-8-12-20)16-24-23-15-21(19-9-5-3-6-10-19)13-14-27(23)33(29(24)25)30-26(31)18-28(36-30)32(34)35/h3-18,34-35H,1-2H3. The van der Waals surface area contributed by atoms with Gasteiger partial charge in [0.1, 0.15) is 5.00 Å². The first-order valence-electron chi connectivity index (χ1n) is 12.2. The molecule has 0 aliphatic carbocycles. The molecule has 0 fully saturated rings. The van der Waals surface area contributed by atoms with Crippen molar-refractivity contribution in [2.75, 3.05) is 0 Å². The van der Waals surface area contributed by atoms with Gasteiger partial charge in [0.05, 0.1) is 11.0 Å². The van der Waals surface area contributed by atoms with E-state index in [9.17, 15) is 10.0 Å². The minimum atomic E-state index is -1.48. The highest BCUT2D eigenvalue weighted by molar-refractivity contribution is 7.24. The third kappa shape index (κ3) is 3.00. The van der Waals surface area contributed by atoms with Crippen LogP contribution in [0.25, 0.3) is 49.1 Å². The van der Waals surface area contributed by atoms with Crippen LogP contribution in [0.3, 0.4) is 0 Å². The summed E-state index contributed by atoms with van der Waals surface area (Å²) in [7, 11) is -1.48. The lowest BCUT2D eigenvalue weighted by Gasteiger charge is -2.33. The first-order chi connectivity index (χ1) is 17.4. The molecule has 36 heavy (non-hydrogen) atoms. The predicted molar refractivity (Wildman–Crippen MR) is 151 cm³/mol. The van der Waals surface area contributed by atoms with Gasteiger partial charge in [-0.1, -0.05) is 80.6 Å². The lowest BCUT2D eigenvalue weighted by atomic mass is 9.74. The summed E-state index contributed by atoms with van der Waals surface area (Å²) < 4.78 is 2.90. The molecule has 4 aromatic carbocycles. The summed E-state index contributed by atoms with van der Waals surface area (Å²) >= 11 is 1.47. The molecule has 0 radical (unpaired) electrons. The minimum Gasteiger partial charge on any atom is -0.423 e. The molecule has 6 aromatic rings. The Bertz CT molecular complexity index is 1780. The van der Waals surface area contributed by atoms with Crippen LogP contribution in [0.4, 0.5) is 0 Å². The molecule has 5 heteroatoms. The van der Waals surface area contributed by atoms with E-state index >= 15 is 0 Å². The third-order valence-electron chi connectivity index (χ3n) is 7.61. The molecular weight excluding hydrogens is 461 g/mol. The second kappa shape index (κ2) is 7.68. The molecule has 7 rings (SSSR count). The molecular formula is C31H24BNO2S. The fourth-order valence-corrected chi connectivity index (χ4v) is 6.94. The molecule has 1 aliphatic heterocycles. The van der Waals surface area contributed by atoms with E-state index in [1.54, 1.807) is 0 Å². The van der Waals surface area contributed by atoms with E-state index in [-0.39, 0.29) is 5.41 Å². The summed E-state index contributed by atoms with van der Waals surface area (Å²) in [6, 6.07) is 34.3. The molecule has 0 saturated carbocycles. The Balaban J connectivity index is 1.63. The van der Waals surface area contributed by atoms with Crippen LogP contribution in [-0.2, 0) is 5.41 Å². The van der Waals surface area contributed by atoms with E-state index in [0.29, 0.717) is 4.78 Å². The van der Waals surface area contributed by atoms with E-state index in [1.165, 1.54) is 55.4 Å². The molecule has 0 spiro atoms. The zero-order valence-electron chi connectivity index (χ0n) is 20.1. The molecule has 1 aliphatic rings. The van der Waals surface area contributed by atoms with E-state index < -0.39 is 7.12 Å². The summed E-state index contributed by atoms with van der Waals surface area (Å²) in [5, 5.41) is 23.5. The SMILES string of the molecule is CC1(C)c2cc(B(O)O)sc2-n2c3ccc(-c4ccccc4)cc3c3cc(-c4ccccc4)cc1c32. The summed E-state index contributed by atoms with van der Waals surface area (Å²) in [4.78, 5) is 0. The van der Waals surface area contributed by atoms with Crippen molar-refractivity contribution >= 4 is 45.0 Å². The van der Waals surface area contributed by atoms with Crippen LogP contribution in [0.15, 0.2) is 97.1 Å². The Kier molecular flexibility index (Phi) is 4.61. The number of fused-ring (bicyclic) bond motifs is 5. The Morgan fingerprint density at radius 3 is 1.97 bits per heavy atom. The summed E-state index contributed by atoms with van der Waals surface area (Å²) in [5.74, 6) is 0. The van der Waals surface area contributed by atoms with Gasteiger partial charge in [-0.05, 0) is 63.7 Å². The highest BCUT2D eigenvalue weighted by atomic mass is 32.1. The topological polar surface area (TPSA) is 45.4 Å². The predicted octanol–water partition coefficient (Wildman–Crippen LogP) is 6.50. The van der Waals surface area contributed by atoms with Crippen molar-refractivity contribution in [3.63, 3.8) is 0 Å². The van der Waals surface area contributed by atoms with Crippen molar-refractivity contribution < 1.29 is 10.0 Å². The lowest BCUT2D eigenvalue weighted by molar-refractivity contribution is 0.427. The number of rotatable bonds is 3. The zero-order chi connectivity index (χ0) is 24.6. The first-order valence-corrected chi connectivity index (χ1v) is 13.0. The van der Waals surface area contributed by atoms with Gasteiger partial charge in [-0.25, -0.2) is 0 Å². The van der Waals surface area contributed by atoms with Gasteiger partial charge in [-0.15, -0.1) is 11.3 Å². The Labute approximate surface area is 214 Å². The maximum atomic E-state index is 10.0. The lowest BCUT2D eigenvalue weighted by Crippen LogP contribution is -2.28. The number of benzene rings is 4. The fourth-order valence-electron chi connectivity index (χ4n) is 5.73. The molecule has 0 atom stereocenters. The van der Waals surface area contributed by atoms with E-state index in [1.807, 2.05) is 18.2 Å². The maximum absolute atomic E-state index is 10.0. The number of aromatic nitrogens is 1. The summed E-state index contributed by atoms with van der Waals surface area (Å²) in [6.45, 7) is 4.48. The molecule has 2 N–H and O–H groups in total. The van der Waals surface area contributed by atoms with Crippen LogP contribution in [0.5, 0.6) is 0 Å². The molecule has 0 saturated heterocycles. The number of nitrogens with zero attached hydrogens (tertiary/aromatic N) is 1. The highest BCUT2D eigenvalue weighted by Crippen LogP contribution is 2.50. The number of hydrogen-bond donors (Lipinski definition) is 2. The van der Waals surface area contributed by atoms with E-state index in [2.05, 4.69) is 97.3 Å². The Morgan fingerprint density at radius 2 is 1.31 bits per heavy atom. The molecule has 0 amide bonds. The van der Waals surface area contributed by atoms with Gasteiger partial charge in [0.15, 0.2) is 0 Å². The van der Waals surface area contributed by atoms with Crippen molar-refractivity contribution in [2.24, 2.45) is 0 Å². The second-order valence-electron chi connectivity index (χ2n) is 10.1. The van der Waals surface area contributed by atoms with Gasteiger partial charge in [0.25, 0.3) is 0 Å². The van der Waals surface area contributed by atoms with Gasteiger partial charge in [-0.3, -0.25) is 0 Å². The normalized spacial score (nSPS) is 13.8. The molecule has 3 heterocycles. The van der Waals surface area contributed by atoms with Gasteiger partial charge in [-0.2, -0.15) is 0 Å². The van der Waals surface area contributed by atoms with Crippen molar-refractivity contribution in [1.82, 2.24) is 4.57 Å². The quantitative estimate of drug-likeness (QED) is 0.281. The average Bonchev–Trinajstić information content (AvgIpc) is 3.49. The summed E-state index contributed by atoms with van der Waals surface area (Å²) in [6.07, 6.45) is 0. The highest BCUT2D eigenvalue weighted by Gasteiger charge is 2.38. The van der Waals surface area contributed by atoms with Crippen LogP contribution in [0, 0.1) is 0 Å². The van der Waals surface area contributed by atoms with Gasteiger partial charge < -0.3 is 14.6 Å². The van der Waals surface area contributed by atoms with Crippen LogP contribution in [-0.4, -0.2) is 21.7 Å². The number of hydrogen-bond acceptors (Lipinski definition) is 3. The van der Waals surface area contributed by atoms with E-state index in [4.69, 9.17) is 0 Å². The van der Waals surface area contributed by atoms with Gasteiger partial charge in [0.2, 0.25) is 0 Å². The molecule has 3 nitrogen and oxygen atoms in total. The van der Waals surface area contributed by atoms with Crippen molar-refractivity contribution in [2.45, 2.75) is 19.3 Å². The molecule has 0 unspecified atom stereocenters. The van der Waals surface area contributed by atoms with Crippen LogP contribution < -0.4 is 4.78 Å². The molecule has 174 valence electrons. The largest absolute Gasteiger partial charge is 0.499 e. The van der Waals surface area contributed by atoms with Crippen LogP contribution in [0.2, 0.25) is 0 Å². The van der Waals surface area contributed by atoms with Crippen molar-refractivity contribution in [3.8, 4) is 27.3 Å². The molecule has 0 bridgehead atoms. The minimum absolute atomic E-state index is 0.297. The molecule has 2 aromatic heterocycles.